The molecule has 1 aromatic carbocycles. The molecule has 9 nitrogen and oxygen atoms in total. The molecule has 0 N–H and O–H groups in total. The van der Waals surface area contributed by atoms with E-state index in [2.05, 4.69) is 19.9 Å². The van der Waals surface area contributed by atoms with E-state index in [1.165, 1.54) is 6.33 Å². The molecule has 27 heavy (non-hydrogen) atoms. The Morgan fingerprint density at radius 2 is 1.89 bits per heavy atom. The van der Waals surface area contributed by atoms with Crippen LogP contribution in [0.1, 0.15) is 5.56 Å². The number of fused-ring (bicyclic) bond motifs is 1. The number of imidazole rings is 2. The molecule has 0 radical (unpaired) electrons. The van der Waals surface area contributed by atoms with Crippen molar-refractivity contribution in [2.24, 2.45) is 7.05 Å². The lowest BCUT2D eigenvalue weighted by Gasteiger charge is -2.08. The van der Waals surface area contributed by atoms with Crippen LogP contribution in [-0.2, 0) is 22.6 Å². The van der Waals surface area contributed by atoms with Crippen LogP contribution in [0, 0.1) is 0 Å². The zero-order valence-electron chi connectivity index (χ0n) is 14.6. The molecule has 0 saturated carbocycles. The van der Waals surface area contributed by atoms with E-state index in [1.807, 2.05) is 0 Å². The van der Waals surface area contributed by atoms with E-state index in [-0.39, 0.29) is 10.9 Å². The lowest BCUT2D eigenvalue weighted by Crippen LogP contribution is -2.12. The van der Waals surface area contributed by atoms with Crippen molar-refractivity contribution in [2.75, 3.05) is 7.11 Å². The molecule has 0 bridgehead atoms. The molecule has 3 aromatic heterocycles. The largest absolute Gasteiger partial charge is 0.497 e. The molecule has 4 aromatic rings. The number of hydrogen-bond acceptors (Lipinski definition) is 7. The summed E-state index contributed by atoms with van der Waals surface area (Å²) in [4.78, 5) is 16.8. The van der Waals surface area contributed by atoms with Gasteiger partial charge >= 0.3 is 0 Å². The maximum absolute atomic E-state index is 12.9. The third kappa shape index (κ3) is 3.14. The van der Waals surface area contributed by atoms with Gasteiger partial charge < -0.3 is 9.30 Å². The third-order valence-electron chi connectivity index (χ3n) is 4.06. The monoisotopic (exact) mass is 384 g/mol. The van der Waals surface area contributed by atoms with Gasteiger partial charge in [0, 0.05) is 19.4 Å². The van der Waals surface area contributed by atoms with Crippen molar-refractivity contribution in [1.82, 2.24) is 29.1 Å². The molecule has 0 amide bonds. The van der Waals surface area contributed by atoms with Gasteiger partial charge in [0.2, 0.25) is 9.84 Å². The molecule has 0 aliphatic rings. The Balaban J connectivity index is 1.81. The molecule has 0 unspecified atom stereocenters. The maximum Gasteiger partial charge on any atom is 0.251 e. The Hall–Kier alpha value is -3.27. The molecule has 0 fully saturated rings. The average molecular weight is 384 g/mol. The Kier molecular flexibility index (Phi) is 4.11. The van der Waals surface area contributed by atoms with Gasteiger partial charge in [0.25, 0.3) is 5.16 Å². The lowest BCUT2D eigenvalue weighted by atomic mass is 10.2. The predicted molar refractivity (Wildman–Crippen MR) is 97.3 cm³/mol. The molecule has 3 heterocycles. The van der Waals surface area contributed by atoms with Crippen LogP contribution >= 0.6 is 0 Å². The van der Waals surface area contributed by atoms with Gasteiger partial charge in [-0.1, -0.05) is 12.1 Å². The highest BCUT2D eigenvalue weighted by molar-refractivity contribution is 7.90. The highest BCUT2D eigenvalue weighted by Crippen LogP contribution is 2.22. The highest BCUT2D eigenvalue weighted by Gasteiger charge is 2.23. The van der Waals surface area contributed by atoms with Crippen LogP contribution in [0.25, 0.3) is 17.0 Å². The fourth-order valence-electron chi connectivity index (χ4n) is 2.68. The van der Waals surface area contributed by atoms with Gasteiger partial charge in [-0.15, -0.1) is 0 Å². The number of rotatable bonds is 5. The number of sulfone groups is 1. The molecule has 138 valence electrons. The number of methoxy groups -OCH3 is 1. The summed E-state index contributed by atoms with van der Waals surface area (Å²) >= 11 is 0. The van der Waals surface area contributed by atoms with Crippen molar-refractivity contribution < 1.29 is 13.2 Å². The van der Waals surface area contributed by atoms with Gasteiger partial charge in [0.1, 0.15) is 12.1 Å². The van der Waals surface area contributed by atoms with Gasteiger partial charge in [0.05, 0.1) is 19.2 Å². The summed E-state index contributed by atoms with van der Waals surface area (Å²) in [6.07, 6.45) is 6.37. The first-order valence-electron chi connectivity index (χ1n) is 8.01. The minimum absolute atomic E-state index is 0.219. The van der Waals surface area contributed by atoms with Gasteiger partial charge in [0.15, 0.2) is 17.0 Å². The summed E-state index contributed by atoms with van der Waals surface area (Å²) in [5.74, 6) is 0.807. The average Bonchev–Trinajstić information content (AvgIpc) is 3.32. The molecule has 0 saturated heterocycles. The highest BCUT2D eigenvalue weighted by atomic mass is 32.2. The van der Waals surface area contributed by atoms with Crippen LogP contribution in [0.5, 0.6) is 5.75 Å². The van der Waals surface area contributed by atoms with Gasteiger partial charge in [-0.25, -0.2) is 18.4 Å². The zero-order valence-corrected chi connectivity index (χ0v) is 15.5. The van der Waals surface area contributed by atoms with Gasteiger partial charge in [-0.2, -0.15) is 9.97 Å². The predicted octanol–water partition coefficient (Wildman–Crippen LogP) is 1.53. The molecule has 4 rings (SSSR count). The Bertz CT molecular complexity index is 1200. The van der Waals surface area contributed by atoms with Crippen LogP contribution < -0.4 is 4.74 Å². The number of hydrogen-bond donors (Lipinski definition) is 0. The van der Waals surface area contributed by atoms with E-state index in [9.17, 15) is 8.42 Å². The number of ether oxygens (including phenoxy) is 1. The number of benzene rings is 1. The molecule has 10 heteroatoms. The van der Waals surface area contributed by atoms with E-state index in [4.69, 9.17) is 4.74 Å². The van der Waals surface area contributed by atoms with Gasteiger partial charge in [-0.3, -0.25) is 4.57 Å². The minimum atomic E-state index is -3.77. The minimum Gasteiger partial charge on any atom is -0.497 e. The number of aromatic nitrogens is 6. The summed E-state index contributed by atoms with van der Waals surface area (Å²) in [6, 6.07) is 6.84. The van der Waals surface area contributed by atoms with Crippen LogP contribution in [0.3, 0.4) is 0 Å². The smallest absolute Gasteiger partial charge is 0.251 e. The zero-order chi connectivity index (χ0) is 19.0. The summed E-state index contributed by atoms with van der Waals surface area (Å²) in [5.41, 5.74) is 1.55. The molecule has 0 aliphatic heterocycles. The van der Waals surface area contributed by atoms with Crippen LogP contribution in [0.15, 0.2) is 54.5 Å². The second-order valence-electron chi connectivity index (χ2n) is 5.93. The number of nitrogens with zero attached hydrogens (tertiary/aromatic N) is 6. The van der Waals surface area contributed by atoms with Crippen LogP contribution in [-0.4, -0.2) is 44.6 Å². The van der Waals surface area contributed by atoms with Crippen molar-refractivity contribution >= 4 is 21.0 Å². The summed E-state index contributed by atoms with van der Waals surface area (Å²) < 4.78 is 34.3. The first kappa shape index (κ1) is 17.2. The summed E-state index contributed by atoms with van der Waals surface area (Å²) in [6.45, 7) is 0. The van der Waals surface area contributed by atoms with Crippen molar-refractivity contribution in [3.05, 3.63) is 54.9 Å². The Morgan fingerprint density at radius 1 is 1.11 bits per heavy atom. The third-order valence-corrected chi connectivity index (χ3v) is 5.52. The van der Waals surface area contributed by atoms with Crippen molar-refractivity contribution in [3.63, 3.8) is 0 Å². The lowest BCUT2D eigenvalue weighted by molar-refractivity contribution is 0.414. The first-order chi connectivity index (χ1) is 13.0. The molecular formula is C17H16N6O3S. The quantitative estimate of drug-likeness (QED) is 0.481. The topological polar surface area (TPSA) is 105 Å². The van der Waals surface area contributed by atoms with Gasteiger partial charge in [-0.05, 0) is 17.7 Å². The second kappa shape index (κ2) is 6.47. The van der Waals surface area contributed by atoms with Crippen molar-refractivity contribution in [1.29, 1.82) is 0 Å². The molecule has 0 atom stereocenters. The van der Waals surface area contributed by atoms with Crippen LogP contribution in [0.4, 0.5) is 0 Å². The summed E-state index contributed by atoms with van der Waals surface area (Å²) in [5, 5.41) is -0.252. The van der Waals surface area contributed by atoms with E-state index in [0.717, 1.165) is 0 Å². The maximum atomic E-state index is 12.9. The standard InChI is InChI=1S/C17H16N6O3S/c1-22-11-19-14-15(22)20-17(21-16(14)23-8-7-18-10-23)27(24,25)9-12-3-5-13(26-2)6-4-12/h3-8,10-11H,9H2,1-2H3. The van der Waals surface area contributed by atoms with Crippen molar-refractivity contribution in [3.8, 4) is 11.6 Å². The SMILES string of the molecule is COc1ccc(CS(=O)(=O)c2nc(-n3ccnc3)c3ncn(C)c3n2)cc1. The Labute approximate surface area is 155 Å². The molecule has 0 spiro atoms. The second-order valence-corrected chi connectivity index (χ2v) is 7.82. The van der Waals surface area contributed by atoms with E-state index < -0.39 is 9.84 Å². The molecular weight excluding hydrogens is 368 g/mol. The fraction of sp³-hybridized carbons (Fsp3) is 0.176. The number of aryl methyl sites for hydroxylation is 1. The Morgan fingerprint density at radius 3 is 2.56 bits per heavy atom. The van der Waals surface area contributed by atoms with Crippen LogP contribution in [0.2, 0.25) is 0 Å². The normalized spacial score (nSPS) is 11.8. The van der Waals surface area contributed by atoms with E-state index >= 15 is 0 Å². The first-order valence-corrected chi connectivity index (χ1v) is 9.66. The van der Waals surface area contributed by atoms with E-state index in [0.29, 0.717) is 28.3 Å². The summed E-state index contributed by atoms with van der Waals surface area (Å²) in [7, 11) is -0.465. The van der Waals surface area contributed by atoms with E-state index in [1.54, 1.807) is 66.3 Å². The van der Waals surface area contributed by atoms with Crippen molar-refractivity contribution in [2.45, 2.75) is 10.9 Å². The fourth-order valence-corrected chi connectivity index (χ4v) is 3.89. The molecule has 0 aliphatic carbocycles.